The number of anilines is 2. The van der Waals surface area contributed by atoms with E-state index in [2.05, 4.69) is 31.8 Å². The Bertz CT molecular complexity index is 1400. The zero-order valence-corrected chi connectivity index (χ0v) is 20.1. The molecule has 5 rings (SSSR count). The smallest absolute Gasteiger partial charge is 0.246 e. The van der Waals surface area contributed by atoms with Gasteiger partial charge >= 0.3 is 0 Å². The molecule has 1 unspecified atom stereocenters. The predicted molar refractivity (Wildman–Crippen MR) is 136 cm³/mol. The summed E-state index contributed by atoms with van der Waals surface area (Å²) >= 11 is 6.46. The molecule has 0 bridgehead atoms. The lowest BCUT2D eigenvalue weighted by Gasteiger charge is -2.15. The van der Waals surface area contributed by atoms with E-state index in [9.17, 15) is 4.79 Å². The van der Waals surface area contributed by atoms with Crippen molar-refractivity contribution in [1.29, 1.82) is 0 Å². The Morgan fingerprint density at radius 3 is 2.92 bits per heavy atom. The Balaban J connectivity index is 1.30. The number of amides is 1. The Morgan fingerprint density at radius 2 is 2.11 bits per heavy atom. The molecule has 1 N–H and O–H groups in total. The second-order valence-electron chi connectivity index (χ2n) is 8.14. The maximum atomic E-state index is 11.8. The first kappa shape index (κ1) is 23.5. The molecule has 3 aromatic heterocycles. The van der Waals surface area contributed by atoms with Gasteiger partial charge in [0, 0.05) is 30.9 Å². The number of likely N-dealkylation sites (tertiary alicyclic amines) is 1. The van der Waals surface area contributed by atoms with Crippen LogP contribution in [0.1, 0.15) is 12.1 Å². The number of fused-ring (bicyclic) bond motifs is 1. The molecule has 1 aliphatic rings. The van der Waals surface area contributed by atoms with Crippen molar-refractivity contribution in [2.75, 3.05) is 18.4 Å². The number of carbonyl (C=O) groups excluding carboxylic acids is 1. The molecule has 1 aliphatic heterocycles. The average molecular weight is 503 g/mol. The van der Waals surface area contributed by atoms with E-state index in [1.807, 2.05) is 30.3 Å². The second kappa shape index (κ2) is 10.6. The lowest BCUT2D eigenvalue weighted by Crippen LogP contribution is -2.29. The minimum Gasteiger partial charge on any atom is -0.486 e. The number of carbonyl (C=O) groups is 1. The number of nitrogens with zero attached hydrogens (tertiary/aromatic N) is 5. The Morgan fingerprint density at radius 1 is 1.19 bits per heavy atom. The van der Waals surface area contributed by atoms with E-state index in [1.54, 1.807) is 29.3 Å². The molecule has 9 nitrogen and oxygen atoms in total. The maximum absolute atomic E-state index is 11.8. The van der Waals surface area contributed by atoms with Crippen LogP contribution in [0.3, 0.4) is 0 Å². The molecule has 1 saturated heterocycles. The van der Waals surface area contributed by atoms with Gasteiger partial charge in [-0.25, -0.2) is 15.0 Å². The molecule has 1 aromatic carbocycles. The number of aromatic nitrogens is 4. The van der Waals surface area contributed by atoms with Crippen molar-refractivity contribution >= 4 is 40.0 Å². The third-order valence-corrected chi connectivity index (χ3v) is 5.97. The highest BCUT2D eigenvalue weighted by Crippen LogP contribution is 2.31. The fourth-order valence-corrected chi connectivity index (χ4v) is 4.11. The van der Waals surface area contributed by atoms with Gasteiger partial charge in [0.15, 0.2) is 5.82 Å². The van der Waals surface area contributed by atoms with Crippen LogP contribution in [0.2, 0.25) is 5.02 Å². The molecule has 4 aromatic rings. The summed E-state index contributed by atoms with van der Waals surface area (Å²) in [5, 5.41) is 3.70. The van der Waals surface area contributed by atoms with Gasteiger partial charge in [-0.15, -0.1) is 0 Å². The summed E-state index contributed by atoms with van der Waals surface area (Å²) in [4.78, 5) is 31.1. The number of halogens is 1. The van der Waals surface area contributed by atoms with E-state index in [0.29, 0.717) is 58.9 Å². The second-order valence-corrected chi connectivity index (χ2v) is 8.54. The van der Waals surface area contributed by atoms with Crippen molar-refractivity contribution in [2.45, 2.75) is 19.1 Å². The van der Waals surface area contributed by atoms with Gasteiger partial charge < -0.3 is 19.7 Å². The zero-order chi connectivity index (χ0) is 24.9. The van der Waals surface area contributed by atoms with Gasteiger partial charge in [0.05, 0.1) is 22.8 Å². The Hall–Kier alpha value is -4.24. The van der Waals surface area contributed by atoms with Crippen molar-refractivity contribution in [3.05, 3.63) is 84.4 Å². The number of benzene rings is 1. The van der Waals surface area contributed by atoms with Gasteiger partial charge in [-0.2, -0.15) is 0 Å². The molecular formula is C26H23ClN6O3. The summed E-state index contributed by atoms with van der Waals surface area (Å²) in [5.41, 5.74) is 2.74. The Labute approximate surface area is 212 Å². The molecular weight excluding hydrogens is 480 g/mol. The normalized spacial score (nSPS) is 15.0. The average Bonchev–Trinajstić information content (AvgIpc) is 3.37. The first-order valence-corrected chi connectivity index (χ1v) is 11.8. The van der Waals surface area contributed by atoms with E-state index in [1.165, 1.54) is 12.4 Å². The third kappa shape index (κ3) is 5.36. The van der Waals surface area contributed by atoms with Crippen molar-refractivity contribution < 1.29 is 14.3 Å². The number of pyridine rings is 2. The van der Waals surface area contributed by atoms with E-state index in [0.717, 1.165) is 12.1 Å². The third-order valence-electron chi connectivity index (χ3n) is 5.67. The molecule has 1 fully saturated rings. The van der Waals surface area contributed by atoms with E-state index >= 15 is 0 Å². The summed E-state index contributed by atoms with van der Waals surface area (Å²) < 4.78 is 11.8. The van der Waals surface area contributed by atoms with Crippen LogP contribution in [-0.4, -0.2) is 49.9 Å². The minimum absolute atomic E-state index is 0.0979. The van der Waals surface area contributed by atoms with Crippen molar-refractivity contribution in [1.82, 2.24) is 24.8 Å². The van der Waals surface area contributed by atoms with Crippen molar-refractivity contribution in [3.63, 3.8) is 0 Å². The Kier molecular flexibility index (Phi) is 6.90. The molecule has 0 aliphatic carbocycles. The van der Waals surface area contributed by atoms with Crippen LogP contribution in [0.15, 0.2) is 73.7 Å². The van der Waals surface area contributed by atoms with Gasteiger partial charge in [0.25, 0.3) is 0 Å². The van der Waals surface area contributed by atoms with Crippen LogP contribution in [0.4, 0.5) is 11.5 Å². The largest absolute Gasteiger partial charge is 0.486 e. The van der Waals surface area contributed by atoms with Gasteiger partial charge in [-0.05, 0) is 42.5 Å². The first-order chi connectivity index (χ1) is 17.6. The molecule has 0 saturated carbocycles. The predicted octanol–water partition coefficient (Wildman–Crippen LogP) is 4.56. The molecule has 182 valence electrons. The summed E-state index contributed by atoms with van der Waals surface area (Å²) in [6, 6.07) is 14.6. The summed E-state index contributed by atoms with van der Waals surface area (Å²) in [7, 11) is 0. The van der Waals surface area contributed by atoms with Crippen LogP contribution < -0.4 is 14.8 Å². The van der Waals surface area contributed by atoms with Gasteiger partial charge in [0.2, 0.25) is 11.8 Å². The highest BCUT2D eigenvalue weighted by atomic mass is 35.5. The van der Waals surface area contributed by atoms with Crippen LogP contribution in [-0.2, 0) is 11.4 Å². The number of ether oxygens (including phenoxy) is 2. The topological polar surface area (TPSA) is 102 Å². The number of hydrogen-bond donors (Lipinski definition) is 1. The molecule has 0 spiro atoms. The standard InChI is InChI=1S/C26H23ClN6O3/c1-2-24(34)33-12-10-19(14-33)36-23-9-7-21-25(32-23)26(30-16-29-21)31-17-6-8-22(20(27)13-17)35-15-18-5-3-4-11-28-18/h2-9,11,13,16,19H,1,10,12,14-15H2,(H,29,30,31). The highest BCUT2D eigenvalue weighted by molar-refractivity contribution is 6.32. The monoisotopic (exact) mass is 502 g/mol. The molecule has 1 amide bonds. The van der Waals surface area contributed by atoms with Crippen molar-refractivity contribution in [2.24, 2.45) is 0 Å². The molecule has 4 heterocycles. The summed E-state index contributed by atoms with van der Waals surface area (Å²) in [6.07, 6.45) is 5.09. The lowest BCUT2D eigenvalue weighted by atomic mass is 10.2. The number of hydrogen-bond acceptors (Lipinski definition) is 8. The fourth-order valence-electron chi connectivity index (χ4n) is 3.87. The molecule has 1 atom stereocenters. The zero-order valence-electron chi connectivity index (χ0n) is 19.3. The number of nitrogens with one attached hydrogen (secondary N) is 1. The highest BCUT2D eigenvalue weighted by Gasteiger charge is 2.26. The summed E-state index contributed by atoms with van der Waals surface area (Å²) in [6.45, 7) is 4.98. The van der Waals surface area contributed by atoms with E-state index in [4.69, 9.17) is 21.1 Å². The van der Waals surface area contributed by atoms with Crippen LogP contribution >= 0.6 is 11.6 Å². The fraction of sp³-hybridized carbons (Fsp3) is 0.192. The van der Waals surface area contributed by atoms with Crippen LogP contribution in [0.25, 0.3) is 11.0 Å². The van der Waals surface area contributed by atoms with Gasteiger partial charge in [-0.3, -0.25) is 9.78 Å². The van der Waals surface area contributed by atoms with E-state index in [-0.39, 0.29) is 12.0 Å². The van der Waals surface area contributed by atoms with Gasteiger partial charge in [-0.1, -0.05) is 24.2 Å². The maximum Gasteiger partial charge on any atom is 0.246 e. The molecule has 36 heavy (non-hydrogen) atoms. The number of rotatable bonds is 8. The molecule has 0 radical (unpaired) electrons. The SMILES string of the molecule is C=CC(=O)N1CCC(Oc2ccc3ncnc(Nc4ccc(OCc5ccccn5)c(Cl)c4)c3n2)C1. The van der Waals surface area contributed by atoms with Gasteiger partial charge in [0.1, 0.15) is 30.3 Å². The van der Waals surface area contributed by atoms with E-state index < -0.39 is 0 Å². The van der Waals surface area contributed by atoms with Crippen molar-refractivity contribution in [3.8, 4) is 11.6 Å². The van der Waals surface area contributed by atoms with Crippen LogP contribution in [0.5, 0.6) is 11.6 Å². The summed E-state index contributed by atoms with van der Waals surface area (Å²) in [5.74, 6) is 1.40. The minimum atomic E-state index is -0.141. The van der Waals surface area contributed by atoms with Crippen LogP contribution in [0, 0.1) is 0 Å². The molecule has 10 heteroatoms. The quantitative estimate of drug-likeness (QED) is 0.350. The first-order valence-electron chi connectivity index (χ1n) is 11.4. The lowest BCUT2D eigenvalue weighted by molar-refractivity contribution is -0.125.